The molecule has 5 heteroatoms. The number of hydrogen-bond donors (Lipinski definition) is 2. The molecule has 2 atom stereocenters. The van der Waals surface area contributed by atoms with Gasteiger partial charge in [-0.25, -0.2) is 0 Å². The lowest BCUT2D eigenvalue weighted by atomic mass is 9.92. The van der Waals surface area contributed by atoms with Crippen molar-refractivity contribution in [1.29, 1.82) is 0 Å². The maximum atomic E-state index is 12.9. The summed E-state index contributed by atoms with van der Waals surface area (Å²) in [5.74, 6) is -0.0479. The van der Waals surface area contributed by atoms with Crippen LogP contribution in [0.15, 0.2) is 0 Å². The smallest absolute Gasteiger partial charge is 0.258 e. The van der Waals surface area contributed by atoms with E-state index in [2.05, 4.69) is 26.1 Å². The van der Waals surface area contributed by atoms with E-state index in [1.54, 1.807) is 7.11 Å². The van der Waals surface area contributed by atoms with Crippen LogP contribution in [0.4, 0.5) is 0 Å². The molecule has 0 radical (unpaired) electrons. The van der Waals surface area contributed by atoms with Crippen LogP contribution >= 0.6 is 0 Å². The predicted octanol–water partition coefficient (Wildman–Crippen LogP) is 1.28. The Hall–Kier alpha value is -0.650. The average Bonchev–Trinajstić information content (AvgIpc) is 2.59. The van der Waals surface area contributed by atoms with E-state index in [4.69, 9.17) is 10.5 Å². The van der Waals surface area contributed by atoms with Crippen LogP contribution < -0.4 is 11.1 Å². The fraction of sp³-hybridized carbons (Fsp3) is 0.929. The highest BCUT2D eigenvalue weighted by Crippen LogP contribution is 2.35. The number of rotatable bonds is 5. The number of amides is 1. The number of hydrogen-bond acceptors (Lipinski definition) is 4. The van der Waals surface area contributed by atoms with Gasteiger partial charge in [-0.15, -0.1) is 0 Å². The van der Waals surface area contributed by atoms with Crippen molar-refractivity contribution in [2.24, 2.45) is 11.7 Å². The first kappa shape index (κ1) is 16.4. The van der Waals surface area contributed by atoms with E-state index in [1.807, 2.05) is 18.7 Å². The quantitative estimate of drug-likeness (QED) is 0.739. The van der Waals surface area contributed by atoms with E-state index in [9.17, 15) is 4.79 Å². The number of ether oxygens (including phenoxy) is 1. The van der Waals surface area contributed by atoms with Crippen molar-refractivity contribution in [1.82, 2.24) is 10.2 Å². The van der Waals surface area contributed by atoms with E-state index < -0.39 is 5.66 Å². The summed E-state index contributed by atoms with van der Waals surface area (Å²) >= 11 is 0. The molecule has 3 N–H and O–H groups in total. The number of nitrogens with zero attached hydrogens (tertiary/aromatic N) is 1. The van der Waals surface area contributed by atoms with Crippen LogP contribution in [-0.2, 0) is 9.53 Å². The summed E-state index contributed by atoms with van der Waals surface area (Å²) in [4.78, 5) is 14.9. The molecule has 112 valence electrons. The Labute approximate surface area is 116 Å². The molecule has 5 nitrogen and oxygen atoms in total. The standard InChI is InChI=1S/C14H29N3O2/c1-10(2)14(15,16-9-19-6)12(18)17-11(3)7-8-13(17,4)5/h10-11,16H,7-9,15H2,1-6H3/t11?,14-/m0/s1. The molecular formula is C14H29N3O2. The van der Waals surface area contributed by atoms with Gasteiger partial charge in [0.2, 0.25) is 0 Å². The van der Waals surface area contributed by atoms with Gasteiger partial charge in [0.1, 0.15) is 0 Å². The minimum Gasteiger partial charge on any atom is -0.369 e. The normalized spacial score (nSPS) is 25.7. The molecule has 1 amide bonds. The third-order valence-electron chi connectivity index (χ3n) is 4.26. The number of nitrogens with two attached hydrogens (primary N) is 1. The van der Waals surface area contributed by atoms with Gasteiger partial charge in [-0.05, 0) is 39.5 Å². The molecule has 0 aromatic carbocycles. The van der Waals surface area contributed by atoms with E-state index in [1.165, 1.54) is 0 Å². The minimum atomic E-state index is -1.08. The van der Waals surface area contributed by atoms with Crippen LogP contribution in [0.25, 0.3) is 0 Å². The van der Waals surface area contributed by atoms with Gasteiger partial charge in [-0.2, -0.15) is 0 Å². The first-order valence-corrected chi connectivity index (χ1v) is 7.03. The van der Waals surface area contributed by atoms with Crippen molar-refractivity contribution in [2.75, 3.05) is 13.8 Å². The Morgan fingerprint density at radius 1 is 1.58 bits per heavy atom. The zero-order valence-electron chi connectivity index (χ0n) is 13.1. The zero-order chi connectivity index (χ0) is 14.8. The molecule has 0 aliphatic carbocycles. The molecule has 1 rings (SSSR count). The maximum Gasteiger partial charge on any atom is 0.258 e. The molecular weight excluding hydrogens is 242 g/mol. The van der Waals surface area contributed by atoms with Crippen LogP contribution in [0, 0.1) is 5.92 Å². The first-order chi connectivity index (χ1) is 8.66. The van der Waals surface area contributed by atoms with Crippen molar-refractivity contribution in [3.63, 3.8) is 0 Å². The van der Waals surface area contributed by atoms with E-state index in [-0.39, 0.29) is 30.1 Å². The summed E-state index contributed by atoms with van der Waals surface area (Å²) in [6.45, 7) is 10.5. The molecule has 0 spiro atoms. The molecule has 1 aliphatic heterocycles. The molecule has 0 saturated carbocycles. The second kappa shape index (κ2) is 5.77. The monoisotopic (exact) mass is 271 g/mol. The number of nitrogens with one attached hydrogen (secondary N) is 1. The summed E-state index contributed by atoms with van der Waals surface area (Å²) < 4.78 is 5.02. The van der Waals surface area contributed by atoms with Gasteiger partial charge in [-0.3, -0.25) is 10.1 Å². The maximum absolute atomic E-state index is 12.9. The van der Waals surface area contributed by atoms with Crippen LogP contribution in [0.5, 0.6) is 0 Å². The molecule has 1 saturated heterocycles. The molecule has 0 aromatic rings. The van der Waals surface area contributed by atoms with E-state index in [0.717, 1.165) is 12.8 Å². The van der Waals surface area contributed by atoms with Gasteiger partial charge in [-0.1, -0.05) is 13.8 Å². The number of methoxy groups -OCH3 is 1. The summed E-state index contributed by atoms with van der Waals surface area (Å²) in [5, 5.41) is 3.04. The summed E-state index contributed by atoms with van der Waals surface area (Å²) in [6, 6.07) is 0.230. The Morgan fingerprint density at radius 2 is 2.16 bits per heavy atom. The van der Waals surface area contributed by atoms with Crippen LogP contribution in [0.2, 0.25) is 0 Å². The topological polar surface area (TPSA) is 67.6 Å². The first-order valence-electron chi connectivity index (χ1n) is 7.03. The zero-order valence-corrected chi connectivity index (χ0v) is 13.1. The van der Waals surface area contributed by atoms with Gasteiger partial charge >= 0.3 is 0 Å². The Balaban J connectivity index is 2.99. The van der Waals surface area contributed by atoms with Crippen molar-refractivity contribution < 1.29 is 9.53 Å². The highest BCUT2D eigenvalue weighted by atomic mass is 16.5. The van der Waals surface area contributed by atoms with Crippen molar-refractivity contribution in [3.05, 3.63) is 0 Å². The predicted molar refractivity (Wildman–Crippen MR) is 76.4 cm³/mol. The summed E-state index contributed by atoms with van der Waals surface area (Å²) in [7, 11) is 1.58. The lowest BCUT2D eigenvalue weighted by molar-refractivity contribution is -0.146. The van der Waals surface area contributed by atoms with E-state index in [0.29, 0.717) is 0 Å². The molecule has 0 aromatic heterocycles. The van der Waals surface area contributed by atoms with Crippen LogP contribution in [0.3, 0.4) is 0 Å². The second-order valence-electron chi connectivity index (χ2n) is 6.51. The lowest BCUT2D eigenvalue weighted by Crippen LogP contribution is -2.69. The van der Waals surface area contributed by atoms with Gasteiger partial charge in [0.05, 0.1) is 6.73 Å². The highest BCUT2D eigenvalue weighted by molar-refractivity contribution is 5.87. The van der Waals surface area contributed by atoms with Crippen molar-refractivity contribution >= 4 is 5.91 Å². The van der Waals surface area contributed by atoms with Gasteiger partial charge in [0, 0.05) is 18.7 Å². The molecule has 0 bridgehead atoms. The van der Waals surface area contributed by atoms with Crippen molar-refractivity contribution in [2.45, 2.75) is 64.7 Å². The second-order valence-corrected chi connectivity index (χ2v) is 6.51. The molecule has 1 aliphatic rings. The molecule has 1 unspecified atom stereocenters. The minimum absolute atomic E-state index is 0.0150. The third kappa shape index (κ3) is 3.09. The molecule has 19 heavy (non-hydrogen) atoms. The number of carbonyl (C=O) groups is 1. The van der Waals surface area contributed by atoms with Gasteiger partial charge in [0.15, 0.2) is 5.66 Å². The summed E-state index contributed by atoms with van der Waals surface area (Å²) in [5.41, 5.74) is 5.14. The van der Waals surface area contributed by atoms with Gasteiger partial charge in [0.25, 0.3) is 5.91 Å². The largest absolute Gasteiger partial charge is 0.369 e. The number of carbonyl (C=O) groups excluding carboxylic acids is 1. The van der Waals surface area contributed by atoms with E-state index >= 15 is 0 Å². The molecule has 1 fully saturated rings. The fourth-order valence-electron chi connectivity index (χ4n) is 2.80. The van der Waals surface area contributed by atoms with Crippen LogP contribution in [-0.4, -0.2) is 41.9 Å². The van der Waals surface area contributed by atoms with Crippen LogP contribution in [0.1, 0.15) is 47.5 Å². The Bertz CT molecular complexity index is 331. The fourth-order valence-corrected chi connectivity index (χ4v) is 2.80. The third-order valence-corrected chi connectivity index (χ3v) is 4.26. The number of likely N-dealkylation sites (tertiary alicyclic amines) is 1. The Morgan fingerprint density at radius 3 is 2.53 bits per heavy atom. The summed E-state index contributed by atoms with van der Waals surface area (Å²) in [6.07, 6.45) is 2.04. The van der Waals surface area contributed by atoms with Crippen molar-refractivity contribution in [3.8, 4) is 0 Å². The lowest BCUT2D eigenvalue weighted by Gasteiger charge is -2.43. The average molecular weight is 271 g/mol. The SMILES string of the molecule is COCN[C@](N)(C(=O)N1C(C)CCC1(C)C)C(C)C. The highest BCUT2D eigenvalue weighted by Gasteiger charge is 2.48. The van der Waals surface area contributed by atoms with Gasteiger partial charge < -0.3 is 15.4 Å². The Kier molecular flexibility index (Phi) is 4.98. The molecule has 1 heterocycles.